The number of nitrogens with one attached hydrogen (secondary N) is 1. The van der Waals surface area contributed by atoms with Gasteiger partial charge in [-0.25, -0.2) is 24.5 Å². The van der Waals surface area contributed by atoms with Crippen molar-refractivity contribution in [1.29, 1.82) is 0 Å². The van der Waals surface area contributed by atoms with Crippen LogP contribution in [0.5, 0.6) is 11.6 Å². The van der Waals surface area contributed by atoms with Gasteiger partial charge in [0.1, 0.15) is 19.0 Å². The molecule has 0 fully saturated rings. The molecule has 0 aliphatic carbocycles. The molecule has 0 saturated heterocycles. The van der Waals surface area contributed by atoms with Gasteiger partial charge in [-0.05, 0) is 51.1 Å². The number of methoxy groups -OCH3 is 1. The van der Waals surface area contributed by atoms with Crippen LogP contribution in [0.15, 0.2) is 42.6 Å². The Hall–Kier alpha value is -4.19. The number of carbonyl (C=O) groups excluding carboxylic acids is 2. The topological polar surface area (TPSA) is 130 Å². The molecule has 0 saturated carbocycles. The third-order valence-electron chi connectivity index (χ3n) is 4.71. The van der Waals surface area contributed by atoms with Gasteiger partial charge >= 0.3 is 12.0 Å². The van der Waals surface area contributed by atoms with Crippen molar-refractivity contribution >= 4 is 12.0 Å². The fourth-order valence-corrected chi connectivity index (χ4v) is 2.95. The number of ether oxygens (including phenoxy) is 3. The van der Waals surface area contributed by atoms with E-state index in [4.69, 9.17) is 19.0 Å². The van der Waals surface area contributed by atoms with E-state index in [-0.39, 0.29) is 24.6 Å². The third-order valence-corrected chi connectivity index (χ3v) is 4.71. The first-order valence-electron chi connectivity index (χ1n) is 11.1. The Kier molecular flexibility index (Phi) is 8.43. The van der Waals surface area contributed by atoms with Crippen molar-refractivity contribution < 1.29 is 28.6 Å². The number of hydrogen-bond acceptors (Lipinski definition) is 9. The van der Waals surface area contributed by atoms with Crippen molar-refractivity contribution in [2.75, 3.05) is 34.5 Å². The summed E-state index contributed by atoms with van der Waals surface area (Å²) in [6, 6.07) is 10.5. The van der Waals surface area contributed by atoms with Gasteiger partial charge in [-0.2, -0.15) is 0 Å². The molecule has 2 amide bonds. The molecule has 2 aromatic heterocycles. The zero-order valence-corrected chi connectivity index (χ0v) is 21.1. The van der Waals surface area contributed by atoms with E-state index in [1.807, 2.05) is 20.8 Å². The number of benzene rings is 1. The minimum absolute atomic E-state index is 0.0452. The molecule has 0 spiro atoms. The largest absolute Gasteiger partial charge is 0.490 e. The second-order valence-electron chi connectivity index (χ2n) is 8.60. The first-order valence-corrected chi connectivity index (χ1v) is 11.1. The number of amides is 2. The molecule has 192 valence electrons. The lowest BCUT2D eigenvalue weighted by atomic mass is 10.1. The van der Waals surface area contributed by atoms with Crippen molar-refractivity contribution in [2.24, 2.45) is 0 Å². The molecule has 3 rings (SSSR count). The Morgan fingerprint density at radius 1 is 1.06 bits per heavy atom. The molecule has 12 nitrogen and oxygen atoms in total. The van der Waals surface area contributed by atoms with E-state index < -0.39 is 12.0 Å². The maximum absolute atomic E-state index is 12.6. The van der Waals surface area contributed by atoms with Gasteiger partial charge in [-0.3, -0.25) is 9.63 Å². The summed E-state index contributed by atoms with van der Waals surface area (Å²) in [7, 11) is 4.38. The molecule has 1 aromatic carbocycles. The number of hydrogen-bond donors (Lipinski definition) is 1. The summed E-state index contributed by atoms with van der Waals surface area (Å²) in [6.45, 7) is 5.89. The van der Waals surface area contributed by atoms with E-state index >= 15 is 0 Å². The van der Waals surface area contributed by atoms with Crippen molar-refractivity contribution in [1.82, 2.24) is 30.1 Å². The van der Waals surface area contributed by atoms with Crippen LogP contribution in [0.25, 0.3) is 17.1 Å². The maximum Gasteiger partial charge on any atom is 0.407 e. The van der Waals surface area contributed by atoms with Crippen LogP contribution in [0.1, 0.15) is 31.4 Å². The highest BCUT2D eigenvalue weighted by Gasteiger charge is 2.22. The van der Waals surface area contributed by atoms with Gasteiger partial charge < -0.3 is 19.5 Å². The SMILES string of the molecule is COc1ccc(-n2nc(C(=O)N(C)OC)nc2-c2ccc(OCCOC(=O)NC(C)(C)C)cc2)cn1. The van der Waals surface area contributed by atoms with Gasteiger partial charge in [-0.15, -0.1) is 5.10 Å². The number of alkyl carbamates (subject to hydrolysis) is 1. The van der Waals surface area contributed by atoms with E-state index in [1.165, 1.54) is 25.9 Å². The zero-order valence-electron chi connectivity index (χ0n) is 21.1. The Balaban J connectivity index is 1.76. The van der Waals surface area contributed by atoms with Gasteiger partial charge in [0.25, 0.3) is 0 Å². The number of rotatable bonds is 9. The molecule has 0 bridgehead atoms. The molecule has 36 heavy (non-hydrogen) atoms. The molecular formula is C24H30N6O6. The molecule has 2 heterocycles. The van der Waals surface area contributed by atoms with Crippen LogP contribution in [0.3, 0.4) is 0 Å². The minimum Gasteiger partial charge on any atom is -0.490 e. The standard InChI is InChI=1S/C24H30N6O6/c1-24(2,3)27-23(32)36-14-13-35-18-10-7-16(8-11-18)21-26-20(22(31)29(4)34-6)28-30(21)17-9-12-19(33-5)25-15-17/h7-12,15H,13-14H2,1-6H3,(H,27,32). The lowest BCUT2D eigenvalue weighted by molar-refractivity contribution is -0.0764. The molecule has 0 unspecified atom stereocenters. The Morgan fingerprint density at radius 3 is 2.36 bits per heavy atom. The lowest BCUT2D eigenvalue weighted by Crippen LogP contribution is -2.41. The summed E-state index contributed by atoms with van der Waals surface area (Å²) >= 11 is 0. The zero-order chi connectivity index (χ0) is 26.3. The molecule has 0 aliphatic heterocycles. The van der Waals surface area contributed by atoms with Crippen molar-refractivity contribution in [3.63, 3.8) is 0 Å². The van der Waals surface area contributed by atoms with Gasteiger partial charge in [-0.1, -0.05) is 0 Å². The van der Waals surface area contributed by atoms with Crippen LogP contribution in [0.2, 0.25) is 0 Å². The highest BCUT2D eigenvalue weighted by molar-refractivity contribution is 5.90. The summed E-state index contributed by atoms with van der Waals surface area (Å²) in [4.78, 5) is 37.9. The molecule has 3 aromatic rings. The summed E-state index contributed by atoms with van der Waals surface area (Å²) < 4.78 is 17.4. The van der Waals surface area contributed by atoms with Crippen LogP contribution < -0.4 is 14.8 Å². The number of nitrogens with zero attached hydrogens (tertiary/aromatic N) is 5. The van der Waals surface area contributed by atoms with E-state index in [0.29, 0.717) is 28.7 Å². The number of pyridine rings is 1. The minimum atomic E-state index is -0.505. The number of carbonyl (C=O) groups is 2. The quantitative estimate of drug-likeness (QED) is 0.350. The molecular weight excluding hydrogens is 468 g/mol. The van der Waals surface area contributed by atoms with Crippen LogP contribution in [0.4, 0.5) is 4.79 Å². The summed E-state index contributed by atoms with van der Waals surface area (Å²) in [5.74, 6) is 0.887. The fraction of sp³-hybridized carbons (Fsp3) is 0.375. The molecule has 0 aliphatic rings. The average Bonchev–Trinajstić information content (AvgIpc) is 3.30. The predicted molar refractivity (Wildman–Crippen MR) is 130 cm³/mol. The number of aromatic nitrogens is 4. The van der Waals surface area contributed by atoms with Gasteiger partial charge in [0.15, 0.2) is 5.82 Å². The smallest absolute Gasteiger partial charge is 0.407 e. The first-order chi connectivity index (χ1) is 17.1. The van der Waals surface area contributed by atoms with Crippen molar-refractivity contribution in [3.05, 3.63) is 48.4 Å². The summed E-state index contributed by atoms with van der Waals surface area (Å²) in [5.41, 5.74) is 0.897. The van der Waals surface area contributed by atoms with E-state index in [0.717, 1.165) is 5.06 Å². The van der Waals surface area contributed by atoms with Gasteiger partial charge in [0.05, 0.1) is 26.1 Å². The molecule has 1 N–H and O–H groups in total. The summed E-state index contributed by atoms with van der Waals surface area (Å²) in [6.07, 6.45) is 1.07. The van der Waals surface area contributed by atoms with E-state index in [1.54, 1.807) is 42.6 Å². The maximum atomic E-state index is 12.6. The van der Waals surface area contributed by atoms with Crippen LogP contribution in [-0.2, 0) is 9.57 Å². The monoisotopic (exact) mass is 498 g/mol. The van der Waals surface area contributed by atoms with Crippen LogP contribution >= 0.6 is 0 Å². The normalized spacial score (nSPS) is 11.1. The van der Waals surface area contributed by atoms with Crippen LogP contribution in [-0.4, -0.2) is 76.8 Å². The second kappa shape index (κ2) is 11.5. The Morgan fingerprint density at radius 2 is 1.78 bits per heavy atom. The molecule has 0 radical (unpaired) electrons. The highest BCUT2D eigenvalue weighted by atomic mass is 16.7. The van der Waals surface area contributed by atoms with E-state index in [9.17, 15) is 9.59 Å². The average molecular weight is 499 g/mol. The Labute approximate surface area is 209 Å². The van der Waals surface area contributed by atoms with Gasteiger partial charge in [0.2, 0.25) is 11.7 Å². The number of hydroxylamine groups is 2. The van der Waals surface area contributed by atoms with Gasteiger partial charge in [0, 0.05) is 24.2 Å². The highest BCUT2D eigenvalue weighted by Crippen LogP contribution is 2.24. The van der Waals surface area contributed by atoms with E-state index in [2.05, 4.69) is 20.4 Å². The Bertz CT molecular complexity index is 1170. The molecule has 12 heteroatoms. The second-order valence-corrected chi connectivity index (χ2v) is 8.60. The van der Waals surface area contributed by atoms with Crippen LogP contribution in [0, 0.1) is 0 Å². The fourth-order valence-electron chi connectivity index (χ4n) is 2.95. The lowest BCUT2D eigenvalue weighted by Gasteiger charge is -2.19. The first kappa shape index (κ1) is 26.4. The summed E-state index contributed by atoms with van der Waals surface area (Å²) in [5, 5.41) is 8.12. The predicted octanol–water partition coefficient (Wildman–Crippen LogP) is 2.87. The van der Waals surface area contributed by atoms with Crippen molar-refractivity contribution in [3.8, 4) is 28.7 Å². The third kappa shape index (κ3) is 6.92. The van der Waals surface area contributed by atoms with Crippen molar-refractivity contribution in [2.45, 2.75) is 26.3 Å². The molecule has 0 atom stereocenters.